The summed E-state index contributed by atoms with van der Waals surface area (Å²) >= 11 is 4.31. The van der Waals surface area contributed by atoms with Crippen LogP contribution in [0.4, 0.5) is 0 Å². The van der Waals surface area contributed by atoms with Crippen molar-refractivity contribution in [3.05, 3.63) is 15.9 Å². The molecule has 1 aromatic rings. The molecule has 1 saturated carbocycles. The lowest BCUT2D eigenvalue weighted by Gasteiger charge is -2.37. The SMILES string of the molecule is CC1(C(=O)O)CCCCC1NS(=O)(=O)c1sccc1Br. The molecule has 0 aromatic carbocycles. The quantitative estimate of drug-likeness (QED) is 0.839. The fourth-order valence-electron chi connectivity index (χ4n) is 2.49. The second kappa shape index (κ2) is 5.75. The molecule has 0 aliphatic heterocycles. The van der Waals surface area contributed by atoms with Crippen molar-refractivity contribution in [2.24, 2.45) is 5.41 Å². The molecular formula is C12H16BrNO4S2. The largest absolute Gasteiger partial charge is 0.481 e. The van der Waals surface area contributed by atoms with E-state index in [2.05, 4.69) is 20.7 Å². The van der Waals surface area contributed by atoms with Crippen LogP contribution in [0.3, 0.4) is 0 Å². The average molecular weight is 382 g/mol. The molecule has 2 atom stereocenters. The number of thiophene rings is 1. The number of aliphatic carboxylic acids is 1. The summed E-state index contributed by atoms with van der Waals surface area (Å²) in [6.07, 6.45) is 2.68. The van der Waals surface area contributed by atoms with Gasteiger partial charge in [0.05, 0.1) is 5.41 Å². The number of nitrogens with one attached hydrogen (secondary N) is 1. The molecule has 2 rings (SSSR count). The highest BCUT2D eigenvalue weighted by atomic mass is 79.9. The van der Waals surface area contributed by atoms with E-state index in [4.69, 9.17) is 0 Å². The lowest BCUT2D eigenvalue weighted by molar-refractivity contribution is -0.151. The summed E-state index contributed by atoms with van der Waals surface area (Å²) in [5.41, 5.74) is -1.05. The lowest BCUT2D eigenvalue weighted by atomic mass is 9.72. The van der Waals surface area contributed by atoms with Crippen LogP contribution in [-0.4, -0.2) is 25.5 Å². The van der Waals surface area contributed by atoms with Gasteiger partial charge in [0.15, 0.2) is 0 Å². The Morgan fingerprint density at radius 2 is 2.25 bits per heavy atom. The van der Waals surface area contributed by atoms with Gasteiger partial charge in [0.25, 0.3) is 10.0 Å². The van der Waals surface area contributed by atoms with Gasteiger partial charge in [0.1, 0.15) is 4.21 Å². The van der Waals surface area contributed by atoms with Gasteiger partial charge in [-0.1, -0.05) is 12.8 Å². The number of carboxylic acids is 1. The molecule has 1 fully saturated rings. The molecule has 5 nitrogen and oxygen atoms in total. The molecule has 1 heterocycles. The molecule has 0 bridgehead atoms. The van der Waals surface area contributed by atoms with Gasteiger partial charge in [0, 0.05) is 10.5 Å². The van der Waals surface area contributed by atoms with Gasteiger partial charge in [-0.3, -0.25) is 4.79 Å². The highest BCUT2D eigenvalue weighted by Crippen LogP contribution is 2.38. The van der Waals surface area contributed by atoms with E-state index >= 15 is 0 Å². The summed E-state index contributed by atoms with van der Waals surface area (Å²) < 4.78 is 28.0. The van der Waals surface area contributed by atoms with Crippen molar-refractivity contribution in [2.75, 3.05) is 0 Å². The first-order valence-corrected chi connectivity index (χ1v) is 9.42. The molecule has 0 spiro atoms. The zero-order valence-electron chi connectivity index (χ0n) is 10.9. The third kappa shape index (κ3) is 2.93. The third-order valence-corrected chi connectivity index (χ3v) is 7.96. The molecule has 1 aliphatic carbocycles. The summed E-state index contributed by atoms with van der Waals surface area (Å²) in [6, 6.07) is 1.09. The van der Waals surface area contributed by atoms with Crippen molar-refractivity contribution in [2.45, 2.75) is 42.9 Å². The van der Waals surface area contributed by atoms with Gasteiger partial charge >= 0.3 is 5.97 Å². The molecule has 1 aromatic heterocycles. The molecule has 1 aliphatic rings. The number of halogens is 1. The molecule has 20 heavy (non-hydrogen) atoms. The molecule has 112 valence electrons. The summed E-state index contributed by atoms with van der Waals surface area (Å²) in [6.45, 7) is 1.62. The van der Waals surface area contributed by atoms with Gasteiger partial charge in [-0.2, -0.15) is 0 Å². The summed E-state index contributed by atoms with van der Waals surface area (Å²) in [5.74, 6) is -0.949. The zero-order chi connectivity index (χ0) is 15.0. The van der Waals surface area contributed by atoms with Gasteiger partial charge in [0.2, 0.25) is 0 Å². The highest BCUT2D eigenvalue weighted by Gasteiger charge is 2.45. The van der Waals surface area contributed by atoms with E-state index < -0.39 is 27.4 Å². The monoisotopic (exact) mass is 381 g/mol. The molecular weight excluding hydrogens is 366 g/mol. The first-order valence-electron chi connectivity index (χ1n) is 6.26. The maximum absolute atomic E-state index is 12.4. The Balaban J connectivity index is 2.28. The first-order chi connectivity index (χ1) is 9.27. The summed E-state index contributed by atoms with van der Waals surface area (Å²) in [4.78, 5) is 11.5. The van der Waals surface area contributed by atoms with Gasteiger partial charge in [-0.05, 0) is 47.1 Å². The number of carboxylic acid groups (broad SMARTS) is 1. The van der Waals surface area contributed by atoms with E-state index in [-0.39, 0.29) is 4.21 Å². The number of hydrogen-bond acceptors (Lipinski definition) is 4. The maximum atomic E-state index is 12.4. The van der Waals surface area contributed by atoms with Crippen LogP contribution in [0.15, 0.2) is 20.1 Å². The second-order valence-electron chi connectivity index (χ2n) is 5.20. The average Bonchev–Trinajstić information content (AvgIpc) is 2.79. The number of carbonyl (C=O) groups is 1. The Morgan fingerprint density at radius 1 is 1.55 bits per heavy atom. The van der Waals surface area contributed by atoms with Crippen molar-refractivity contribution in [1.29, 1.82) is 0 Å². The van der Waals surface area contributed by atoms with Gasteiger partial charge in [-0.15, -0.1) is 11.3 Å². The Hall–Kier alpha value is -0.440. The zero-order valence-corrected chi connectivity index (χ0v) is 14.1. The topological polar surface area (TPSA) is 83.5 Å². The van der Waals surface area contributed by atoms with Crippen molar-refractivity contribution in [3.63, 3.8) is 0 Å². The maximum Gasteiger partial charge on any atom is 0.310 e. The van der Waals surface area contributed by atoms with E-state index in [9.17, 15) is 18.3 Å². The van der Waals surface area contributed by atoms with Crippen molar-refractivity contribution < 1.29 is 18.3 Å². The van der Waals surface area contributed by atoms with Crippen molar-refractivity contribution in [3.8, 4) is 0 Å². The van der Waals surface area contributed by atoms with E-state index in [1.54, 1.807) is 18.4 Å². The Bertz CT molecular complexity index is 613. The number of rotatable bonds is 4. The van der Waals surface area contributed by atoms with Crippen LogP contribution in [0.2, 0.25) is 0 Å². The van der Waals surface area contributed by atoms with Crippen LogP contribution in [0.5, 0.6) is 0 Å². The Kier molecular flexibility index (Phi) is 4.58. The molecule has 0 radical (unpaired) electrons. The third-order valence-electron chi connectivity index (χ3n) is 3.82. The minimum Gasteiger partial charge on any atom is -0.481 e. The van der Waals surface area contributed by atoms with Gasteiger partial charge < -0.3 is 5.11 Å². The number of sulfonamides is 1. The summed E-state index contributed by atoms with van der Waals surface area (Å²) in [5, 5.41) is 11.1. The molecule has 0 amide bonds. The fourth-order valence-corrected chi connectivity index (χ4v) is 6.23. The minimum absolute atomic E-state index is 0.191. The number of hydrogen-bond donors (Lipinski definition) is 2. The first kappa shape index (κ1) is 15.9. The van der Waals surface area contributed by atoms with Crippen LogP contribution in [0.25, 0.3) is 0 Å². The Morgan fingerprint density at radius 3 is 2.80 bits per heavy atom. The Labute approximate surface area is 130 Å². The van der Waals surface area contributed by atoms with E-state index in [0.717, 1.165) is 24.2 Å². The molecule has 2 unspecified atom stereocenters. The van der Waals surface area contributed by atoms with Gasteiger partial charge in [-0.25, -0.2) is 13.1 Å². The molecule has 2 N–H and O–H groups in total. The smallest absolute Gasteiger partial charge is 0.310 e. The summed E-state index contributed by atoms with van der Waals surface area (Å²) in [7, 11) is -3.69. The van der Waals surface area contributed by atoms with Crippen LogP contribution in [0, 0.1) is 5.41 Å². The standard InChI is InChI=1S/C12H16BrNO4S2/c1-12(11(15)16)6-3-2-4-9(12)14-20(17,18)10-8(13)5-7-19-10/h5,7,9,14H,2-4,6H2,1H3,(H,15,16). The van der Waals surface area contributed by atoms with E-state index in [1.807, 2.05) is 0 Å². The predicted molar refractivity (Wildman–Crippen MR) is 80.3 cm³/mol. The van der Waals surface area contributed by atoms with Crippen LogP contribution in [0.1, 0.15) is 32.6 Å². The second-order valence-corrected chi connectivity index (χ2v) is 8.88. The normalized spacial score (nSPS) is 27.4. The van der Waals surface area contributed by atoms with E-state index in [0.29, 0.717) is 17.3 Å². The minimum atomic E-state index is -3.69. The van der Waals surface area contributed by atoms with Crippen molar-refractivity contribution in [1.82, 2.24) is 4.72 Å². The van der Waals surface area contributed by atoms with Crippen LogP contribution < -0.4 is 4.72 Å². The van der Waals surface area contributed by atoms with Crippen molar-refractivity contribution >= 4 is 43.3 Å². The van der Waals surface area contributed by atoms with E-state index in [1.165, 1.54) is 0 Å². The predicted octanol–water partition coefficient (Wildman–Crippen LogP) is 2.82. The molecule has 8 heteroatoms. The van der Waals surface area contributed by atoms with Crippen LogP contribution in [-0.2, 0) is 14.8 Å². The molecule has 0 saturated heterocycles. The highest BCUT2D eigenvalue weighted by molar-refractivity contribution is 9.10. The lowest BCUT2D eigenvalue weighted by Crippen LogP contribution is -2.52. The fraction of sp³-hybridized carbons (Fsp3) is 0.583. The van der Waals surface area contributed by atoms with Crippen LogP contribution >= 0.6 is 27.3 Å².